The zero-order chi connectivity index (χ0) is 13.3. The minimum Gasteiger partial charge on any atom is -0.463 e. The Balaban J connectivity index is 1.88. The molecule has 1 saturated carbocycles. The normalized spacial score (nSPS) is 17.7. The molecule has 0 unspecified atom stereocenters. The van der Waals surface area contributed by atoms with Crippen LogP contribution in [0.25, 0.3) is 11.0 Å². The maximum Gasteiger partial charge on any atom is 0.255 e. The van der Waals surface area contributed by atoms with Crippen molar-refractivity contribution in [2.45, 2.75) is 31.2 Å². The third-order valence-corrected chi connectivity index (χ3v) is 4.43. The number of carbonyl (C=O) groups is 1. The molecule has 3 nitrogen and oxygen atoms in total. The highest BCUT2D eigenvalue weighted by Crippen LogP contribution is 2.31. The first kappa shape index (κ1) is 12.5. The van der Waals surface area contributed by atoms with E-state index >= 15 is 0 Å². The Morgan fingerprint density at radius 1 is 1.32 bits per heavy atom. The van der Waals surface area contributed by atoms with Crippen molar-refractivity contribution in [2.24, 2.45) is 0 Å². The molecule has 1 fully saturated rings. The zero-order valence-corrected chi connectivity index (χ0v) is 11.4. The van der Waals surface area contributed by atoms with E-state index in [1.807, 2.05) is 24.3 Å². The third kappa shape index (κ3) is 2.23. The van der Waals surface area contributed by atoms with E-state index in [0.717, 1.165) is 36.7 Å². The quantitative estimate of drug-likeness (QED) is 0.869. The molecule has 0 bridgehead atoms. The summed E-state index contributed by atoms with van der Waals surface area (Å²) in [6.45, 7) is 0. The van der Waals surface area contributed by atoms with Crippen molar-refractivity contribution in [3.05, 3.63) is 36.1 Å². The molecular formula is C15H16ClNO2. The molecule has 4 heteroatoms. The van der Waals surface area contributed by atoms with E-state index in [2.05, 4.69) is 5.32 Å². The average Bonchev–Trinajstić information content (AvgIpc) is 3.05. The van der Waals surface area contributed by atoms with Gasteiger partial charge in [-0.05, 0) is 18.9 Å². The molecule has 1 aromatic carbocycles. The van der Waals surface area contributed by atoms with Crippen LogP contribution in [-0.4, -0.2) is 17.3 Å². The molecule has 19 heavy (non-hydrogen) atoms. The number of furan rings is 1. The van der Waals surface area contributed by atoms with Crippen LogP contribution >= 0.6 is 11.6 Å². The summed E-state index contributed by atoms with van der Waals surface area (Å²) < 4.78 is 5.41. The van der Waals surface area contributed by atoms with Crippen LogP contribution < -0.4 is 5.32 Å². The van der Waals surface area contributed by atoms with Gasteiger partial charge in [-0.25, -0.2) is 0 Å². The van der Waals surface area contributed by atoms with E-state index in [9.17, 15) is 4.79 Å². The van der Waals surface area contributed by atoms with Gasteiger partial charge in [-0.15, -0.1) is 11.6 Å². The Morgan fingerprint density at radius 3 is 2.79 bits per heavy atom. The van der Waals surface area contributed by atoms with Crippen molar-refractivity contribution < 1.29 is 9.21 Å². The number of fused-ring (bicyclic) bond motifs is 1. The first-order valence-corrected chi connectivity index (χ1v) is 7.12. The van der Waals surface area contributed by atoms with Gasteiger partial charge in [0, 0.05) is 11.3 Å². The molecule has 0 spiro atoms. The Kier molecular flexibility index (Phi) is 3.23. The van der Waals surface area contributed by atoms with Crippen LogP contribution in [-0.2, 0) is 0 Å². The van der Waals surface area contributed by atoms with Gasteiger partial charge in [0.1, 0.15) is 11.8 Å². The number of benzene rings is 1. The maximum absolute atomic E-state index is 12.4. The van der Waals surface area contributed by atoms with Gasteiger partial charge in [0.2, 0.25) is 0 Å². The lowest BCUT2D eigenvalue weighted by Gasteiger charge is -2.27. The van der Waals surface area contributed by atoms with E-state index < -0.39 is 0 Å². The summed E-state index contributed by atoms with van der Waals surface area (Å²) in [4.78, 5) is 12.4. The van der Waals surface area contributed by atoms with Crippen molar-refractivity contribution in [3.8, 4) is 0 Å². The van der Waals surface area contributed by atoms with Crippen molar-refractivity contribution in [2.75, 3.05) is 5.88 Å². The summed E-state index contributed by atoms with van der Waals surface area (Å²) >= 11 is 6.05. The number of alkyl halides is 1. The molecule has 1 aromatic heterocycles. The smallest absolute Gasteiger partial charge is 0.255 e. The summed E-state index contributed by atoms with van der Waals surface area (Å²) in [5.41, 5.74) is 1.09. The fourth-order valence-corrected chi connectivity index (χ4v) is 3.14. The van der Waals surface area contributed by atoms with Crippen LogP contribution in [0.4, 0.5) is 0 Å². The predicted molar refractivity (Wildman–Crippen MR) is 75.6 cm³/mol. The Hall–Kier alpha value is -1.48. The number of halogens is 1. The molecule has 0 saturated heterocycles. The van der Waals surface area contributed by atoms with Gasteiger partial charge in [-0.2, -0.15) is 0 Å². The summed E-state index contributed by atoms with van der Waals surface area (Å²) in [5.74, 6) is 0.377. The largest absolute Gasteiger partial charge is 0.463 e. The molecule has 0 aliphatic heterocycles. The molecule has 1 aliphatic carbocycles. The second-order valence-electron chi connectivity index (χ2n) is 5.22. The highest BCUT2D eigenvalue weighted by molar-refractivity contribution is 6.19. The minimum absolute atomic E-state index is 0.0903. The lowest BCUT2D eigenvalue weighted by atomic mass is 9.99. The molecule has 100 valence electrons. The second-order valence-corrected chi connectivity index (χ2v) is 5.49. The van der Waals surface area contributed by atoms with Gasteiger partial charge in [-0.3, -0.25) is 4.79 Å². The molecule has 3 rings (SSSR count). The van der Waals surface area contributed by atoms with Gasteiger partial charge in [0.25, 0.3) is 5.91 Å². The summed E-state index contributed by atoms with van der Waals surface area (Å²) in [6, 6.07) is 7.56. The Labute approximate surface area is 116 Å². The van der Waals surface area contributed by atoms with E-state index in [1.165, 1.54) is 6.26 Å². The summed E-state index contributed by atoms with van der Waals surface area (Å²) in [6.07, 6.45) is 5.69. The van der Waals surface area contributed by atoms with Gasteiger partial charge < -0.3 is 9.73 Å². The van der Waals surface area contributed by atoms with Gasteiger partial charge >= 0.3 is 0 Å². The van der Waals surface area contributed by atoms with Crippen molar-refractivity contribution >= 4 is 28.5 Å². The third-order valence-electron chi connectivity index (χ3n) is 3.92. The number of amides is 1. The standard InChI is InChI=1S/C15H16ClNO2/c16-10-15(7-3-4-8-15)17-14(18)12-9-19-13-6-2-1-5-11(12)13/h1-2,5-6,9H,3-4,7-8,10H2,(H,17,18). The fourth-order valence-electron chi connectivity index (χ4n) is 2.81. The number of carbonyl (C=O) groups excluding carboxylic acids is 1. The van der Waals surface area contributed by atoms with Crippen molar-refractivity contribution in [1.82, 2.24) is 5.32 Å². The molecule has 2 aromatic rings. The first-order valence-electron chi connectivity index (χ1n) is 6.59. The number of nitrogens with one attached hydrogen (secondary N) is 1. The molecule has 1 N–H and O–H groups in total. The van der Waals surface area contributed by atoms with Crippen molar-refractivity contribution in [1.29, 1.82) is 0 Å². The van der Waals surface area contributed by atoms with Crippen LogP contribution in [0.3, 0.4) is 0 Å². The SMILES string of the molecule is O=C(NC1(CCl)CCCC1)c1coc2ccccc12. The monoisotopic (exact) mass is 277 g/mol. The van der Waals surface area contributed by atoms with Gasteiger partial charge in [-0.1, -0.05) is 31.0 Å². The molecule has 1 heterocycles. The Bertz CT molecular complexity index is 599. The number of para-hydroxylation sites is 1. The zero-order valence-electron chi connectivity index (χ0n) is 10.6. The molecule has 0 atom stereocenters. The lowest BCUT2D eigenvalue weighted by Crippen LogP contribution is -2.47. The van der Waals surface area contributed by atoms with E-state index in [-0.39, 0.29) is 11.4 Å². The van der Waals surface area contributed by atoms with E-state index in [0.29, 0.717) is 11.4 Å². The van der Waals surface area contributed by atoms with Crippen LogP contribution in [0, 0.1) is 0 Å². The molecule has 1 amide bonds. The van der Waals surface area contributed by atoms with E-state index in [1.54, 1.807) is 0 Å². The topological polar surface area (TPSA) is 42.2 Å². The van der Waals surface area contributed by atoms with Gasteiger partial charge in [0.15, 0.2) is 0 Å². The highest BCUT2D eigenvalue weighted by Gasteiger charge is 2.35. The van der Waals surface area contributed by atoms with Crippen LogP contribution in [0.2, 0.25) is 0 Å². The highest BCUT2D eigenvalue weighted by atomic mass is 35.5. The lowest BCUT2D eigenvalue weighted by molar-refractivity contribution is 0.0910. The van der Waals surface area contributed by atoms with Crippen LogP contribution in [0.5, 0.6) is 0 Å². The van der Waals surface area contributed by atoms with Crippen LogP contribution in [0.15, 0.2) is 34.9 Å². The second kappa shape index (κ2) is 4.89. The van der Waals surface area contributed by atoms with Crippen molar-refractivity contribution in [3.63, 3.8) is 0 Å². The number of hydrogen-bond acceptors (Lipinski definition) is 2. The average molecular weight is 278 g/mol. The number of rotatable bonds is 3. The molecule has 1 aliphatic rings. The molecular weight excluding hydrogens is 262 g/mol. The Morgan fingerprint density at radius 2 is 2.05 bits per heavy atom. The molecule has 0 radical (unpaired) electrons. The number of hydrogen-bond donors (Lipinski definition) is 1. The summed E-state index contributed by atoms with van der Waals surface area (Å²) in [7, 11) is 0. The maximum atomic E-state index is 12.4. The van der Waals surface area contributed by atoms with E-state index in [4.69, 9.17) is 16.0 Å². The minimum atomic E-state index is -0.239. The first-order chi connectivity index (χ1) is 9.24. The predicted octanol–water partition coefficient (Wildman–Crippen LogP) is 3.71. The van der Waals surface area contributed by atoms with Crippen LogP contribution in [0.1, 0.15) is 36.0 Å². The van der Waals surface area contributed by atoms with Gasteiger partial charge in [0.05, 0.1) is 11.1 Å². The fraction of sp³-hybridized carbons (Fsp3) is 0.400. The summed E-state index contributed by atoms with van der Waals surface area (Å²) in [5, 5.41) is 3.96.